The quantitative estimate of drug-likeness (QED) is 0.735. The van der Waals surface area contributed by atoms with Gasteiger partial charge in [-0.15, -0.1) is 0 Å². The molecule has 2 rings (SSSR count). The Kier molecular flexibility index (Phi) is 2.84. The van der Waals surface area contributed by atoms with E-state index in [4.69, 9.17) is 4.74 Å². The van der Waals surface area contributed by atoms with Gasteiger partial charge in [-0.25, -0.2) is 0 Å². The molecule has 0 spiro atoms. The number of halogens is 4. The minimum absolute atomic E-state index is 0.179. The van der Waals surface area contributed by atoms with Crippen molar-refractivity contribution in [3.8, 4) is 0 Å². The van der Waals surface area contributed by atoms with E-state index in [-0.39, 0.29) is 6.73 Å². The summed E-state index contributed by atoms with van der Waals surface area (Å²) in [5.74, 6) is 0. The average molecular weight is 293 g/mol. The molecular formula is C10H6BrF3NO. The number of benzene rings is 1. The summed E-state index contributed by atoms with van der Waals surface area (Å²) in [7, 11) is 0. The van der Waals surface area contributed by atoms with Gasteiger partial charge in [0.15, 0.2) is 6.73 Å². The summed E-state index contributed by atoms with van der Waals surface area (Å²) in [5.41, 5.74) is -0.385. The van der Waals surface area contributed by atoms with Crippen molar-refractivity contribution in [3.63, 3.8) is 0 Å². The summed E-state index contributed by atoms with van der Waals surface area (Å²) in [5, 5.41) is 0. The van der Waals surface area contributed by atoms with Crippen molar-refractivity contribution < 1.29 is 17.9 Å². The van der Waals surface area contributed by atoms with E-state index >= 15 is 0 Å². The normalized spacial score (nSPS) is 16.0. The predicted molar refractivity (Wildman–Crippen MR) is 55.7 cm³/mol. The smallest absolute Gasteiger partial charge is 0.416 e. The molecule has 0 aromatic heterocycles. The van der Waals surface area contributed by atoms with Gasteiger partial charge in [-0.05, 0) is 28.1 Å². The Balaban J connectivity index is 2.33. The molecule has 1 radical (unpaired) electrons. The monoisotopic (exact) mass is 292 g/mol. The molecule has 0 bridgehead atoms. The fraction of sp³-hybridized carbons (Fsp3) is 0.200. The van der Waals surface area contributed by atoms with Gasteiger partial charge < -0.3 is 4.74 Å². The fourth-order valence-electron chi connectivity index (χ4n) is 1.28. The van der Waals surface area contributed by atoms with Crippen molar-refractivity contribution in [2.75, 3.05) is 11.6 Å². The van der Waals surface area contributed by atoms with Crippen LogP contribution in [0, 0.1) is 6.07 Å². The fourth-order valence-corrected chi connectivity index (χ4v) is 1.70. The second-order valence-corrected chi connectivity index (χ2v) is 3.94. The van der Waals surface area contributed by atoms with Crippen molar-refractivity contribution in [2.45, 2.75) is 6.18 Å². The molecule has 1 heterocycles. The summed E-state index contributed by atoms with van der Waals surface area (Å²) >= 11 is 3.18. The van der Waals surface area contributed by atoms with Crippen LogP contribution in [0.2, 0.25) is 0 Å². The minimum Gasteiger partial charge on any atom is -0.478 e. The number of ether oxygens (including phenoxy) is 1. The molecule has 1 aliphatic rings. The van der Waals surface area contributed by atoms with Crippen LogP contribution in [-0.2, 0) is 10.9 Å². The highest BCUT2D eigenvalue weighted by Gasteiger charge is 2.31. The number of hydrogen-bond donors (Lipinski definition) is 0. The third-order valence-corrected chi connectivity index (χ3v) is 2.66. The Morgan fingerprint density at radius 2 is 2.19 bits per heavy atom. The van der Waals surface area contributed by atoms with Gasteiger partial charge in [0, 0.05) is 6.07 Å². The lowest BCUT2D eigenvalue weighted by Crippen LogP contribution is -2.17. The lowest BCUT2D eigenvalue weighted by molar-refractivity contribution is -0.137. The number of alkyl halides is 3. The van der Waals surface area contributed by atoms with Gasteiger partial charge in [0.05, 0.1) is 11.3 Å². The molecule has 0 fully saturated rings. The zero-order valence-corrected chi connectivity index (χ0v) is 9.47. The number of rotatable bonds is 1. The Morgan fingerprint density at radius 3 is 2.75 bits per heavy atom. The van der Waals surface area contributed by atoms with E-state index < -0.39 is 11.7 Å². The molecule has 1 aromatic rings. The third kappa shape index (κ3) is 2.16. The Labute approximate surface area is 98.4 Å². The molecule has 85 valence electrons. The molecule has 2 nitrogen and oxygen atoms in total. The van der Waals surface area contributed by atoms with Crippen LogP contribution in [0.4, 0.5) is 18.9 Å². The van der Waals surface area contributed by atoms with Crippen LogP contribution in [0.5, 0.6) is 0 Å². The zero-order valence-electron chi connectivity index (χ0n) is 7.88. The van der Waals surface area contributed by atoms with Crippen LogP contribution in [0.25, 0.3) is 0 Å². The van der Waals surface area contributed by atoms with Crippen molar-refractivity contribution in [1.29, 1.82) is 0 Å². The zero-order chi connectivity index (χ0) is 11.8. The summed E-state index contributed by atoms with van der Waals surface area (Å²) in [6.45, 7) is 0.179. The summed E-state index contributed by atoms with van der Waals surface area (Å²) in [6.07, 6.45) is -2.92. The molecule has 0 atom stereocenters. The first-order valence-corrected chi connectivity index (χ1v) is 5.11. The van der Waals surface area contributed by atoms with Gasteiger partial charge in [-0.2, -0.15) is 13.2 Å². The van der Waals surface area contributed by atoms with Gasteiger partial charge in [0.25, 0.3) is 0 Å². The molecule has 0 aliphatic carbocycles. The number of anilines is 1. The number of nitrogens with zero attached hydrogens (tertiary/aromatic N) is 1. The maximum absolute atomic E-state index is 12.5. The van der Waals surface area contributed by atoms with E-state index in [2.05, 4.69) is 22.0 Å². The van der Waals surface area contributed by atoms with Crippen LogP contribution in [0.15, 0.2) is 29.1 Å². The van der Waals surface area contributed by atoms with Crippen molar-refractivity contribution in [3.05, 3.63) is 40.7 Å². The number of hydrogen-bond acceptors (Lipinski definition) is 2. The van der Waals surface area contributed by atoms with Crippen molar-refractivity contribution in [2.24, 2.45) is 0 Å². The maximum Gasteiger partial charge on any atom is 0.416 e. The maximum atomic E-state index is 12.5. The third-order valence-electron chi connectivity index (χ3n) is 2.05. The molecule has 6 heteroatoms. The molecule has 0 saturated carbocycles. The van der Waals surface area contributed by atoms with Gasteiger partial charge >= 0.3 is 6.18 Å². The Hall–Kier alpha value is -1.17. The molecule has 0 unspecified atom stereocenters. The summed E-state index contributed by atoms with van der Waals surface area (Å²) < 4.78 is 42.9. The highest BCUT2D eigenvalue weighted by molar-refractivity contribution is 9.11. The van der Waals surface area contributed by atoms with Crippen LogP contribution >= 0.6 is 15.9 Å². The second-order valence-electron chi connectivity index (χ2n) is 3.12. The van der Waals surface area contributed by atoms with E-state index in [1.807, 2.05) is 0 Å². The van der Waals surface area contributed by atoms with Gasteiger partial charge in [0.1, 0.15) is 10.9 Å². The molecular weight excluding hydrogens is 287 g/mol. The first-order chi connectivity index (χ1) is 7.48. The predicted octanol–water partition coefficient (Wildman–Crippen LogP) is 3.49. The molecule has 1 aliphatic heterocycles. The molecule has 0 N–H and O–H groups in total. The molecule has 16 heavy (non-hydrogen) atoms. The van der Waals surface area contributed by atoms with E-state index in [0.29, 0.717) is 10.3 Å². The largest absolute Gasteiger partial charge is 0.478 e. The van der Waals surface area contributed by atoms with E-state index in [9.17, 15) is 13.2 Å². The lowest BCUT2D eigenvalue weighted by Gasteiger charge is -2.17. The highest BCUT2D eigenvalue weighted by atomic mass is 79.9. The molecule has 1 aromatic carbocycles. The van der Waals surface area contributed by atoms with Crippen LogP contribution in [0.1, 0.15) is 5.56 Å². The van der Waals surface area contributed by atoms with E-state index in [1.54, 1.807) is 0 Å². The van der Waals surface area contributed by atoms with E-state index in [1.165, 1.54) is 17.2 Å². The topological polar surface area (TPSA) is 12.5 Å². The standard InChI is InChI=1S/C10H6BrF3NO/c11-9-5-16-6-15(9)8-3-1-2-7(4-8)10(12,13)14/h1-2,4-5H,6H2. The van der Waals surface area contributed by atoms with Gasteiger partial charge in [-0.3, -0.25) is 4.90 Å². The van der Waals surface area contributed by atoms with E-state index in [0.717, 1.165) is 12.1 Å². The van der Waals surface area contributed by atoms with Gasteiger partial charge in [-0.1, -0.05) is 6.07 Å². The Bertz CT molecular complexity index is 430. The molecule has 0 amide bonds. The van der Waals surface area contributed by atoms with Crippen LogP contribution < -0.4 is 4.90 Å². The average Bonchev–Trinajstić information content (AvgIpc) is 2.63. The van der Waals surface area contributed by atoms with Crippen LogP contribution in [-0.4, -0.2) is 6.73 Å². The first kappa shape index (κ1) is 11.3. The van der Waals surface area contributed by atoms with Crippen LogP contribution in [0.3, 0.4) is 0 Å². The highest BCUT2D eigenvalue weighted by Crippen LogP contribution is 2.33. The lowest BCUT2D eigenvalue weighted by atomic mass is 10.2. The second kappa shape index (κ2) is 4.01. The summed E-state index contributed by atoms with van der Waals surface area (Å²) in [6, 6.07) is 5.99. The first-order valence-electron chi connectivity index (χ1n) is 4.32. The molecule has 0 saturated heterocycles. The van der Waals surface area contributed by atoms with Crippen molar-refractivity contribution >= 4 is 21.6 Å². The minimum atomic E-state index is -4.35. The Morgan fingerprint density at radius 1 is 1.44 bits per heavy atom. The SMILES string of the molecule is FC(F)(F)c1cc[c]c(N2COC=C2Br)c1. The van der Waals surface area contributed by atoms with Crippen molar-refractivity contribution in [1.82, 2.24) is 0 Å². The summed E-state index contributed by atoms with van der Waals surface area (Å²) in [4.78, 5) is 1.54. The van der Waals surface area contributed by atoms with Gasteiger partial charge in [0.2, 0.25) is 0 Å².